The van der Waals surface area contributed by atoms with E-state index < -0.39 is 5.97 Å². The number of unbranched alkanes of at least 4 members (excludes halogenated alkanes) is 1. The molecule has 0 aromatic carbocycles. The standard InChI is InChI=1S/C14H26N2O2/c1-12(2)16(10-7-13(17)18)9-6-5-8-14(3,4)11-15/h12H,5-10H2,1-4H3,(H,17,18). The summed E-state index contributed by atoms with van der Waals surface area (Å²) in [5.74, 6) is -0.744. The average molecular weight is 254 g/mol. The van der Waals surface area contributed by atoms with E-state index in [9.17, 15) is 4.79 Å². The number of nitrogens with zero attached hydrogens (tertiary/aromatic N) is 2. The third-order valence-corrected chi connectivity index (χ3v) is 3.14. The van der Waals surface area contributed by atoms with Gasteiger partial charge in [0.25, 0.3) is 0 Å². The third kappa shape index (κ3) is 8.08. The molecule has 0 unspecified atom stereocenters. The molecule has 0 rings (SSSR count). The maximum absolute atomic E-state index is 10.6. The van der Waals surface area contributed by atoms with Crippen molar-refractivity contribution in [1.82, 2.24) is 4.90 Å². The van der Waals surface area contributed by atoms with Crippen LogP contribution in [0, 0.1) is 16.7 Å². The summed E-state index contributed by atoms with van der Waals surface area (Å²) >= 11 is 0. The zero-order valence-corrected chi connectivity index (χ0v) is 12.1. The van der Waals surface area contributed by atoms with Crippen LogP contribution in [0.3, 0.4) is 0 Å². The van der Waals surface area contributed by atoms with Gasteiger partial charge in [-0.1, -0.05) is 6.42 Å². The van der Waals surface area contributed by atoms with E-state index in [0.717, 1.165) is 25.8 Å². The van der Waals surface area contributed by atoms with Crippen LogP contribution in [0.5, 0.6) is 0 Å². The maximum Gasteiger partial charge on any atom is 0.304 e. The average Bonchev–Trinajstić information content (AvgIpc) is 2.27. The van der Waals surface area contributed by atoms with Crippen molar-refractivity contribution in [1.29, 1.82) is 5.26 Å². The first kappa shape index (κ1) is 16.9. The van der Waals surface area contributed by atoms with E-state index in [1.807, 2.05) is 13.8 Å². The van der Waals surface area contributed by atoms with Gasteiger partial charge in [0.2, 0.25) is 0 Å². The van der Waals surface area contributed by atoms with E-state index in [1.165, 1.54) is 0 Å². The monoisotopic (exact) mass is 254 g/mol. The summed E-state index contributed by atoms with van der Waals surface area (Å²) in [5.41, 5.74) is -0.246. The zero-order valence-electron chi connectivity index (χ0n) is 12.1. The number of hydrogen-bond acceptors (Lipinski definition) is 3. The molecule has 0 atom stereocenters. The van der Waals surface area contributed by atoms with Gasteiger partial charge in [-0.25, -0.2) is 0 Å². The van der Waals surface area contributed by atoms with Crippen LogP contribution in [0.15, 0.2) is 0 Å². The lowest BCUT2D eigenvalue weighted by molar-refractivity contribution is -0.137. The second-order valence-electron chi connectivity index (χ2n) is 5.73. The fraction of sp³-hybridized carbons (Fsp3) is 0.857. The molecule has 1 N–H and O–H groups in total. The Morgan fingerprint density at radius 1 is 1.33 bits per heavy atom. The molecule has 104 valence electrons. The molecule has 0 aliphatic heterocycles. The number of carboxylic acid groups (broad SMARTS) is 1. The van der Waals surface area contributed by atoms with Gasteiger partial charge in [-0.3, -0.25) is 4.79 Å². The highest BCUT2D eigenvalue weighted by molar-refractivity contribution is 5.66. The highest BCUT2D eigenvalue weighted by Crippen LogP contribution is 2.21. The predicted octanol–water partition coefficient (Wildman–Crippen LogP) is 2.89. The number of hydrogen-bond donors (Lipinski definition) is 1. The lowest BCUT2D eigenvalue weighted by Crippen LogP contribution is -2.33. The molecule has 18 heavy (non-hydrogen) atoms. The normalized spacial score (nSPS) is 11.8. The first-order valence-corrected chi connectivity index (χ1v) is 6.65. The van der Waals surface area contributed by atoms with E-state index in [0.29, 0.717) is 12.6 Å². The molecule has 0 amide bonds. The predicted molar refractivity (Wildman–Crippen MR) is 72.2 cm³/mol. The first-order valence-electron chi connectivity index (χ1n) is 6.65. The number of aliphatic carboxylic acids is 1. The minimum Gasteiger partial charge on any atom is -0.481 e. The van der Waals surface area contributed by atoms with Crippen molar-refractivity contribution < 1.29 is 9.90 Å². The summed E-state index contributed by atoms with van der Waals surface area (Å²) in [4.78, 5) is 12.8. The van der Waals surface area contributed by atoms with Crippen LogP contribution in [0.1, 0.15) is 53.4 Å². The number of rotatable bonds is 9. The number of carboxylic acids is 1. The Morgan fingerprint density at radius 2 is 1.94 bits per heavy atom. The van der Waals surface area contributed by atoms with Crippen molar-refractivity contribution in [2.75, 3.05) is 13.1 Å². The van der Waals surface area contributed by atoms with Crippen molar-refractivity contribution in [3.8, 4) is 6.07 Å². The molecule has 0 radical (unpaired) electrons. The second-order valence-corrected chi connectivity index (χ2v) is 5.73. The lowest BCUT2D eigenvalue weighted by Gasteiger charge is -2.26. The quantitative estimate of drug-likeness (QED) is 0.643. The SMILES string of the molecule is CC(C)N(CCCCC(C)(C)C#N)CCC(=O)O. The Hall–Kier alpha value is -1.08. The van der Waals surface area contributed by atoms with Crippen LogP contribution < -0.4 is 0 Å². The summed E-state index contributed by atoms with van der Waals surface area (Å²) in [6.07, 6.45) is 3.12. The Labute approximate surface area is 111 Å². The fourth-order valence-electron chi connectivity index (χ4n) is 1.81. The molecule has 0 heterocycles. The minimum absolute atomic E-state index is 0.196. The fourth-order valence-corrected chi connectivity index (χ4v) is 1.81. The van der Waals surface area contributed by atoms with E-state index in [-0.39, 0.29) is 11.8 Å². The Bertz CT molecular complexity index is 293. The molecule has 0 aliphatic carbocycles. The highest BCUT2D eigenvalue weighted by Gasteiger charge is 2.16. The number of nitriles is 1. The Morgan fingerprint density at radius 3 is 2.39 bits per heavy atom. The van der Waals surface area contributed by atoms with Gasteiger partial charge in [-0.15, -0.1) is 0 Å². The molecule has 0 saturated carbocycles. The molecule has 0 spiro atoms. The van der Waals surface area contributed by atoms with Crippen LogP contribution in [-0.4, -0.2) is 35.1 Å². The van der Waals surface area contributed by atoms with Crippen molar-refractivity contribution in [2.24, 2.45) is 5.41 Å². The van der Waals surface area contributed by atoms with Gasteiger partial charge in [0.1, 0.15) is 0 Å². The summed E-state index contributed by atoms with van der Waals surface area (Å²) in [5, 5.41) is 17.6. The van der Waals surface area contributed by atoms with Gasteiger partial charge in [-0.2, -0.15) is 5.26 Å². The van der Waals surface area contributed by atoms with Crippen molar-refractivity contribution in [3.63, 3.8) is 0 Å². The molecular weight excluding hydrogens is 228 g/mol. The topological polar surface area (TPSA) is 64.3 Å². The summed E-state index contributed by atoms with van der Waals surface area (Å²) in [6.45, 7) is 9.60. The highest BCUT2D eigenvalue weighted by atomic mass is 16.4. The van der Waals surface area contributed by atoms with E-state index in [4.69, 9.17) is 10.4 Å². The maximum atomic E-state index is 10.6. The van der Waals surface area contributed by atoms with Crippen LogP contribution in [-0.2, 0) is 4.79 Å². The lowest BCUT2D eigenvalue weighted by atomic mass is 9.89. The first-order chi connectivity index (χ1) is 8.28. The van der Waals surface area contributed by atoms with Crippen LogP contribution in [0.2, 0.25) is 0 Å². The zero-order chi connectivity index (χ0) is 14.2. The summed E-state index contributed by atoms with van der Waals surface area (Å²) < 4.78 is 0. The largest absolute Gasteiger partial charge is 0.481 e. The summed E-state index contributed by atoms with van der Waals surface area (Å²) in [7, 11) is 0. The molecule has 0 saturated heterocycles. The van der Waals surface area contributed by atoms with E-state index in [2.05, 4.69) is 24.8 Å². The van der Waals surface area contributed by atoms with Crippen molar-refractivity contribution in [2.45, 2.75) is 59.4 Å². The van der Waals surface area contributed by atoms with Gasteiger partial charge in [-0.05, 0) is 47.1 Å². The van der Waals surface area contributed by atoms with Crippen molar-refractivity contribution >= 4 is 5.97 Å². The van der Waals surface area contributed by atoms with Gasteiger partial charge in [0.15, 0.2) is 0 Å². The van der Waals surface area contributed by atoms with Gasteiger partial charge in [0.05, 0.1) is 17.9 Å². The van der Waals surface area contributed by atoms with Gasteiger partial charge < -0.3 is 10.0 Å². The number of carbonyl (C=O) groups is 1. The van der Waals surface area contributed by atoms with Gasteiger partial charge in [0, 0.05) is 12.6 Å². The van der Waals surface area contributed by atoms with Gasteiger partial charge >= 0.3 is 5.97 Å². The summed E-state index contributed by atoms with van der Waals surface area (Å²) in [6, 6.07) is 2.67. The minimum atomic E-state index is -0.744. The van der Waals surface area contributed by atoms with Crippen LogP contribution in [0.4, 0.5) is 0 Å². The smallest absolute Gasteiger partial charge is 0.304 e. The van der Waals surface area contributed by atoms with Crippen molar-refractivity contribution in [3.05, 3.63) is 0 Å². The van der Waals surface area contributed by atoms with E-state index in [1.54, 1.807) is 0 Å². The molecule has 0 aromatic heterocycles. The molecule has 0 fully saturated rings. The second kappa shape index (κ2) is 8.10. The molecule has 0 bridgehead atoms. The van der Waals surface area contributed by atoms with E-state index >= 15 is 0 Å². The van der Waals surface area contributed by atoms with Crippen LogP contribution in [0.25, 0.3) is 0 Å². The third-order valence-electron chi connectivity index (χ3n) is 3.14. The molecule has 0 aromatic rings. The van der Waals surface area contributed by atoms with Crippen LogP contribution >= 0.6 is 0 Å². The molecule has 4 heteroatoms. The molecule has 0 aliphatic rings. The molecule has 4 nitrogen and oxygen atoms in total. The Balaban J connectivity index is 3.92. The Kier molecular flexibility index (Phi) is 7.61. The molecular formula is C14H26N2O2.